The summed E-state index contributed by atoms with van der Waals surface area (Å²) in [6.45, 7) is 0. The van der Waals surface area contributed by atoms with Crippen LogP contribution in [0.5, 0.6) is 0 Å². The van der Waals surface area contributed by atoms with E-state index in [0.29, 0.717) is 0 Å². The normalized spacial score (nSPS) is 10.9. The Hall–Kier alpha value is 2.64. The monoisotopic (exact) mass is 580 g/mol. The van der Waals surface area contributed by atoms with Crippen molar-refractivity contribution in [3.63, 3.8) is 0 Å². The molecule has 0 unspecified atom stereocenters. The summed E-state index contributed by atoms with van der Waals surface area (Å²) in [5.74, 6) is 0. The van der Waals surface area contributed by atoms with E-state index >= 15 is 0 Å². The number of halogens is 6. The fraction of sp³-hybridized carbons (Fsp3) is 0. The van der Waals surface area contributed by atoms with E-state index in [1.807, 2.05) is 0 Å². The Morgan fingerprint density at radius 1 is 0.571 bits per heavy atom. The van der Waals surface area contributed by atoms with Gasteiger partial charge in [-0.15, -0.1) is 0 Å². The van der Waals surface area contributed by atoms with E-state index in [1.165, 1.54) is 12.1 Å². The molecular formula is C12H4Cl6KNaO6S2. The molecule has 0 saturated carbocycles. The molecule has 0 atom stereocenters. The Balaban J connectivity index is 0. The molecule has 2 aromatic carbocycles. The van der Waals surface area contributed by atoms with Crippen LogP contribution >= 0.6 is 69.6 Å². The third kappa shape index (κ3) is 9.25. The van der Waals surface area contributed by atoms with Crippen molar-refractivity contribution in [1.29, 1.82) is 0 Å². The summed E-state index contributed by atoms with van der Waals surface area (Å²) in [5.41, 5.74) is 0. The molecule has 0 amide bonds. The molecule has 0 aromatic heterocycles. The van der Waals surface area contributed by atoms with Crippen LogP contribution in [-0.2, 0) is 20.2 Å². The van der Waals surface area contributed by atoms with Crippen LogP contribution in [0.2, 0.25) is 30.1 Å². The maximum Gasteiger partial charge on any atom is 1.00 e. The van der Waals surface area contributed by atoms with Gasteiger partial charge in [-0.05, 0) is 24.3 Å². The fourth-order valence-electron chi connectivity index (χ4n) is 1.40. The van der Waals surface area contributed by atoms with E-state index in [0.717, 1.165) is 12.1 Å². The SMILES string of the molecule is O=S(=O)([O-])c1ccc(Cl)c(Cl)c1Cl.O=S(=O)([O-])c1ccc(Cl)c(Cl)c1Cl.[K+].[Na+]. The summed E-state index contributed by atoms with van der Waals surface area (Å²) in [6.07, 6.45) is 0. The van der Waals surface area contributed by atoms with E-state index in [1.54, 1.807) is 0 Å². The topological polar surface area (TPSA) is 114 Å². The quantitative estimate of drug-likeness (QED) is 0.258. The van der Waals surface area contributed by atoms with Crippen molar-refractivity contribution in [2.45, 2.75) is 9.79 Å². The maximum absolute atomic E-state index is 10.6. The van der Waals surface area contributed by atoms with Crippen molar-refractivity contribution in [3.8, 4) is 0 Å². The molecule has 0 bridgehead atoms. The van der Waals surface area contributed by atoms with Crippen LogP contribution < -0.4 is 80.9 Å². The second-order valence-corrected chi connectivity index (χ2v) is 9.28. The average molecular weight is 583 g/mol. The van der Waals surface area contributed by atoms with Crippen molar-refractivity contribution in [2.75, 3.05) is 0 Å². The van der Waals surface area contributed by atoms with Gasteiger partial charge in [0.25, 0.3) is 0 Å². The molecule has 0 aliphatic heterocycles. The van der Waals surface area contributed by atoms with Crippen LogP contribution in [0.1, 0.15) is 0 Å². The van der Waals surface area contributed by atoms with Crippen LogP contribution in [0.15, 0.2) is 34.1 Å². The van der Waals surface area contributed by atoms with Crippen LogP contribution in [0.4, 0.5) is 0 Å². The third-order valence-electron chi connectivity index (χ3n) is 2.54. The Morgan fingerprint density at radius 2 is 0.821 bits per heavy atom. The smallest absolute Gasteiger partial charge is 0.744 e. The molecule has 0 aliphatic carbocycles. The van der Waals surface area contributed by atoms with Gasteiger partial charge in [-0.1, -0.05) is 69.6 Å². The Bertz CT molecular complexity index is 979. The van der Waals surface area contributed by atoms with Crippen molar-refractivity contribution < 1.29 is 107 Å². The minimum absolute atomic E-state index is 0. The average Bonchev–Trinajstić information content (AvgIpc) is 2.48. The molecule has 144 valence electrons. The first kappa shape index (κ1) is 32.8. The van der Waals surface area contributed by atoms with Crippen molar-refractivity contribution in [2.24, 2.45) is 0 Å². The second-order valence-electron chi connectivity index (χ2n) is 4.26. The maximum atomic E-state index is 10.6. The van der Waals surface area contributed by atoms with Gasteiger partial charge in [0, 0.05) is 0 Å². The van der Waals surface area contributed by atoms with Gasteiger partial charge in [0.1, 0.15) is 20.2 Å². The Kier molecular flexibility index (Phi) is 15.7. The van der Waals surface area contributed by atoms with Crippen LogP contribution in [0.25, 0.3) is 0 Å². The molecule has 0 saturated heterocycles. The minimum atomic E-state index is -4.60. The van der Waals surface area contributed by atoms with E-state index in [4.69, 9.17) is 69.6 Å². The van der Waals surface area contributed by atoms with E-state index in [9.17, 15) is 25.9 Å². The zero-order valence-corrected chi connectivity index (χ0v) is 25.1. The van der Waals surface area contributed by atoms with Gasteiger partial charge < -0.3 is 9.11 Å². The molecule has 28 heavy (non-hydrogen) atoms. The van der Waals surface area contributed by atoms with Gasteiger partial charge in [0.2, 0.25) is 0 Å². The molecule has 0 radical (unpaired) electrons. The second kappa shape index (κ2) is 13.4. The molecule has 6 nitrogen and oxygen atoms in total. The standard InChI is InChI=1S/2C6H3Cl3O3S.K.Na/c2*7-3-1-2-4(13(10,11)12)6(9)5(3)8;;/h2*1-2H,(H,10,11,12);;/q;;2*+1/p-2. The van der Waals surface area contributed by atoms with Crippen LogP contribution in [0, 0.1) is 0 Å². The summed E-state index contributed by atoms with van der Waals surface area (Å²) in [5, 5.41) is -0.771. The molecule has 16 heteroatoms. The number of benzene rings is 2. The van der Waals surface area contributed by atoms with E-state index < -0.39 is 30.0 Å². The Labute approximate surface area is 256 Å². The predicted octanol–water partition coefficient (Wildman–Crippen LogP) is -0.890. The van der Waals surface area contributed by atoms with Crippen molar-refractivity contribution in [1.82, 2.24) is 0 Å². The van der Waals surface area contributed by atoms with Crippen LogP contribution in [-0.4, -0.2) is 25.9 Å². The van der Waals surface area contributed by atoms with Gasteiger partial charge in [0.05, 0.1) is 39.9 Å². The molecule has 2 rings (SSSR count). The molecule has 0 N–H and O–H groups in total. The number of hydrogen-bond acceptors (Lipinski definition) is 6. The third-order valence-corrected chi connectivity index (χ3v) is 7.11. The Morgan fingerprint density at radius 3 is 1.04 bits per heavy atom. The summed E-state index contributed by atoms with van der Waals surface area (Å²) < 4.78 is 63.5. The summed E-state index contributed by atoms with van der Waals surface area (Å²) in [6, 6.07) is 4.42. The van der Waals surface area contributed by atoms with Crippen molar-refractivity contribution >= 4 is 89.8 Å². The van der Waals surface area contributed by atoms with Crippen molar-refractivity contribution in [3.05, 3.63) is 54.4 Å². The van der Waals surface area contributed by atoms with E-state index in [2.05, 4.69) is 0 Å². The summed E-state index contributed by atoms with van der Waals surface area (Å²) in [4.78, 5) is -1.13. The number of rotatable bonds is 2. The predicted molar refractivity (Wildman–Crippen MR) is 98.9 cm³/mol. The molecule has 0 fully saturated rings. The van der Waals surface area contributed by atoms with Crippen LogP contribution in [0.3, 0.4) is 0 Å². The molecule has 2 aromatic rings. The molecular weight excluding hydrogens is 579 g/mol. The molecule has 0 aliphatic rings. The first-order valence-corrected chi connectivity index (χ1v) is 10.9. The zero-order chi connectivity index (χ0) is 20.4. The molecule has 0 spiro atoms. The largest absolute Gasteiger partial charge is 1.00 e. The number of hydrogen-bond donors (Lipinski definition) is 0. The summed E-state index contributed by atoms with van der Waals surface area (Å²) in [7, 11) is -9.20. The van der Waals surface area contributed by atoms with Gasteiger partial charge in [-0.2, -0.15) is 0 Å². The summed E-state index contributed by atoms with van der Waals surface area (Å²) >= 11 is 33.1. The minimum Gasteiger partial charge on any atom is -0.744 e. The first-order chi connectivity index (χ1) is 11.7. The van der Waals surface area contributed by atoms with Gasteiger partial charge in [0.15, 0.2) is 0 Å². The van der Waals surface area contributed by atoms with Gasteiger partial charge in [-0.3, -0.25) is 0 Å². The van der Waals surface area contributed by atoms with E-state index in [-0.39, 0.29) is 111 Å². The zero-order valence-electron chi connectivity index (χ0n) is 13.8. The fourth-order valence-corrected chi connectivity index (χ4v) is 4.26. The van der Waals surface area contributed by atoms with Gasteiger partial charge >= 0.3 is 80.9 Å². The van der Waals surface area contributed by atoms with Gasteiger partial charge in [-0.25, -0.2) is 16.8 Å². The molecule has 0 heterocycles. The first-order valence-electron chi connectivity index (χ1n) is 5.86.